The molecule has 7 heteroatoms. The van der Waals surface area contributed by atoms with Crippen molar-refractivity contribution in [2.24, 2.45) is 0 Å². The van der Waals surface area contributed by atoms with Crippen LogP contribution in [0.2, 0.25) is 5.02 Å². The summed E-state index contributed by atoms with van der Waals surface area (Å²) < 4.78 is 28.3. The van der Waals surface area contributed by atoms with Crippen LogP contribution in [0.5, 0.6) is 0 Å². The Morgan fingerprint density at radius 3 is 2.43 bits per heavy atom. The summed E-state index contributed by atoms with van der Waals surface area (Å²) in [6.45, 7) is 1.77. The standard InChI is InChI=1S/C14H14BrClN2O2S/c1-9(10-2-4-11(15)5-3-10)18-21(19,20)14-8-12(16)6-7-13(14)17/h2-9,18H,17H2,1H3. The second kappa shape index (κ2) is 6.36. The van der Waals surface area contributed by atoms with Gasteiger partial charge in [0, 0.05) is 15.5 Å². The van der Waals surface area contributed by atoms with Crippen molar-refractivity contribution >= 4 is 43.2 Å². The lowest BCUT2D eigenvalue weighted by atomic mass is 10.1. The second-order valence-electron chi connectivity index (χ2n) is 4.58. The van der Waals surface area contributed by atoms with E-state index in [1.165, 1.54) is 12.1 Å². The third-order valence-corrected chi connectivity index (χ3v) is 5.33. The number of anilines is 1. The molecule has 2 rings (SSSR count). The Labute approximate surface area is 137 Å². The van der Waals surface area contributed by atoms with Gasteiger partial charge in [0.2, 0.25) is 10.0 Å². The van der Waals surface area contributed by atoms with E-state index in [9.17, 15) is 8.42 Å². The van der Waals surface area contributed by atoms with Crippen molar-refractivity contribution < 1.29 is 8.42 Å². The van der Waals surface area contributed by atoms with Crippen LogP contribution < -0.4 is 10.5 Å². The molecule has 0 radical (unpaired) electrons. The number of hydrogen-bond acceptors (Lipinski definition) is 3. The number of nitrogens with one attached hydrogen (secondary N) is 1. The third kappa shape index (κ3) is 3.97. The third-order valence-electron chi connectivity index (χ3n) is 2.97. The first-order valence-electron chi connectivity index (χ1n) is 6.12. The zero-order valence-corrected chi connectivity index (χ0v) is 14.3. The average molecular weight is 390 g/mol. The van der Waals surface area contributed by atoms with E-state index < -0.39 is 10.0 Å². The Hall–Kier alpha value is -1.08. The molecule has 2 aromatic rings. The fraction of sp³-hybridized carbons (Fsp3) is 0.143. The van der Waals surface area contributed by atoms with E-state index >= 15 is 0 Å². The van der Waals surface area contributed by atoms with Crippen molar-refractivity contribution in [2.45, 2.75) is 17.9 Å². The first-order valence-corrected chi connectivity index (χ1v) is 8.78. The smallest absolute Gasteiger partial charge is 0.243 e. The van der Waals surface area contributed by atoms with Gasteiger partial charge in [-0.1, -0.05) is 39.7 Å². The maximum Gasteiger partial charge on any atom is 0.243 e. The number of rotatable bonds is 4. The van der Waals surface area contributed by atoms with Crippen LogP contribution in [0.3, 0.4) is 0 Å². The number of hydrogen-bond donors (Lipinski definition) is 2. The molecular weight excluding hydrogens is 376 g/mol. The molecule has 2 aromatic carbocycles. The maximum absolute atomic E-state index is 12.4. The van der Waals surface area contributed by atoms with Gasteiger partial charge in [-0.25, -0.2) is 13.1 Å². The molecule has 0 fully saturated rings. The van der Waals surface area contributed by atoms with E-state index in [2.05, 4.69) is 20.7 Å². The molecule has 112 valence electrons. The Bertz CT molecular complexity index is 748. The van der Waals surface area contributed by atoms with Crippen LogP contribution in [0.15, 0.2) is 51.8 Å². The van der Waals surface area contributed by atoms with Crippen molar-refractivity contribution in [1.29, 1.82) is 0 Å². The van der Waals surface area contributed by atoms with E-state index in [-0.39, 0.29) is 16.6 Å². The average Bonchev–Trinajstić information content (AvgIpc) is 2.41. The Kier molecular flexibility index (Phi) is 4.93. The first-order chi connectivity index (χ1) is 9.79. The molecule has 3 N–H and O–H groups in total. The molecule has 0 spiro atoms. The summed E-state index contributed by atoms with van der Waals surface area (Å²) in [5.74, 6) is 0. The summed E-state index contributed by atoms with van der Waals surface area (Å²) in [5.41, 5.74) is 6.74. The number of sulfonamides is 1. The zero-order chi connectivity index (χ0) is 15.6. The van der Waals surface area contributed by atoms with Gasteiger partial charge in [-0.05, 0) is 42.8 Å². The lowest BCUT2D eigenvalue weighted by Crippen LogP contribution is -2.27. The van der Waals surface area contributed by atoms with Crippen molar-refractivity contribution in [3.05, 3.63) is 57.5 Å². The predicted molar refractivity (Wildman–Crippen MR) is 88.7 cm³/mol. The van der Waals surface area contributed by atoms with Gasteiger partial charge in [0.05, 0.1) is 5.69 Å². The summed E-state index contributed by atoms with van der Waals surface area (Å²) in [6, 6.07) is 11.4. The summed E-state index contributed by atoms with van der Waals surface area (Å²) in [5, 5.41) is 0.320. The van der Waals surface area contributed by atoms with Gasteiger partial charge in [-0.15, -0.1) is 0 Å². The van der Waals surface area contributed by atoms with Crippen LogP contribution >= 0.6 is 27.5 Å². The maximum atomic E-state index is 12.4. The highest BCUT2D eigenvalue weighted by Crippen LogP contribution is 2.25. The Morgan fingerprint density at radius 2 is 1.81 bits per heavy atom. The van der Waals surface area contributed by atoms with Gasteiger partial charge in [-0.2, -0.15) is 0 Å². The fourth-order valence-corrected chi connectivity index (χ4v) is 3.75. The van der Waals surface area contributed by atoms with E-state index in [0.717, 1.165) is 10.0 Å². The molecule has 0 aliphatic rings. The van der Waals surface area contributed by atoms with Crippen LogP contribution in [0, 0.1) is 0 Å². The van der Waals surface area contributed by atoms with Crippen molar-refractivity contribution in [3.8, 4) is 0 Å². The van der Waals surface area contributed by atoms with E-state index in [1.54, 1.807) is 13.0 Å². The molecule has 0 aliphatic carbocycles. The van der Waals surface area contributed by atoms with Crippen LogP contribution in [-0.4, -0.2) is 8.42 Å². The van der Waals surface area contributed by atoms with E-state index in [4.69, 9.17) is 17.3 Å². The van der Waals surface area contributed by atoms with Crippen LogP contribution in [-0.2, 0) is 10.0 Å². The molecule has 1 unspecified atom stereocenters. The minimum absolute atomic E-state index is 0.0149. The summed E-state index contributed by atoms with van der Waals surface area (Å²) in [6.07, 6.45) is 0. The lowest BCUT2D eigenvalue weighted by molar-refractivity contribution is 0.567. The normalized spacial score (nSPS) is 13.1. The van der Waals surface area contributed by atoms with Crippen molar-refractivity contribution in [2.75, 3.05) is 5.73 Å². The molecule has 0 aromatic heterocycles. The number of nitrogens with two attached hydrogens (primary N) is 1. The van der Waals surface area contributed by atoms with E-state index in [1.807, 2.05) is 24.3 Å². The molecule has 0 bridgehead atoms. The van der Waals surface area contributed by atoms with E-state index in [0.29, 0.717) is 5.02 Å². The van der Waals surface area contributed by atoms with Gasteiger partial charge in [0.1, 0.15) is 4.90 Å². The molecule has 0 heterocycles. The largest absolute Gasteiger partial charge is 0.398 e. The van der Waals surface area contributed by atoms with Gasteiger partial charge in [0.15, 0.2) is 0 Å². The molecule has 4 nitrogen and oxygen atoms in total. The number of benzene rings is 2. The highest BCUT2D eigenvalue weighted by molar-refractivity contribution is 9.10. The fourth-order valence-electron chi connectivity index (χ4n) is 1.86. The summed E-state index contributed by atoms with van der Waals surface area (Å²) in [4.78, 5) is -0.0149. The Balaban J connectivity index is 2.28. The van der Waals surface area contributed by atoms with Crippen LogP contribution in [0.4, 0.5) is 5.69 Å². The second-order valence-corrected chi connectivity index (χ2v) is 7.61. The predicted octanol–water partition coefficient (Wildman–Crippen LogP) is 3.72. The first kappa shape index (κ1) is 16.3. The van der Waals surface area contributed by atoms with Crippen molar-refractivity contribution in [1.82, 2.24) is 4.72 Å². The molecule has 1 atom stereocenters. The van der Waals surface area contributed by atoms with Crippen LogP contribution in [0.25, 0.3) is 0 Å². The van der Waals surface area contributed by atoms with Gasteiger partial charge in [0.25, 0.3) is 0 Å². The number of halogens is 2. The van der Waals surface area contributed by atoms with Gasteiger partial charge >= 0.3 is 0 Å². The molecule has 0 saturated heterocycles. The highest BCUT2D eigenvalue weighted by atomic mass is 79.9. The molecule has 0 aliphatic heterocycles. The van der Waals surface area contributed by atoms with Crippen molar-refractivity contribution in [3.63, 3.8) is 0 Å². The quantitative estimate of drug-likeness (QED) is 0.783. The van der Waals surface area contributed by atoms with Gasteiger partial charge in [-0.3, -0.25) is 0 Å². The molecule has 21 heavy (non-hydrogen) atoms. The van der Waals surface area contributed by atoms with Gasteiger partial charge < -0.3 is 5.73 Å². The number of nitrogen functional groups attached to an aromatic ring is 1. The summed E-state index contributed by atoms with van der Waals surface area (Å²) in [7, 11) is -3.74. The monoisotopic (exact) mass is 388 g/mol. The summed E-state index contributed by atoms with van der Waals surface area (Å²) >= 11 is 9.18. The lowest BCUT2D eigenvalue weighted by Gasteiger charge is -2.16. The highest BCUT2D eigenvalue weighted by Gasteiger charge is 2.21. The van der Waals surface area contributed by atoms with Crippen LogP contribution in [0.1, 0.15) is 18.5 Å². The molecule has 0 saturated carbocycles. The zero-order valence-electron chi connectivity index (χ0n) is 11.2. The topological polar surface area (TPSA) is 72.2 Å². The molecule has 0 amide bonds. The minimum Gasteiger partial charge on any atom is -0.398 e. The minimum atomic E-state index is -3.74. The SMILES string of the molecule is CC(NS(=O)(=O)c1cc(Cl)ccc1N)c1ccc(Br)cc1. The Morgan fingerprint density at radius 1 is 1.19 bits per heavy atom. The molecular formula is C14H14BrClN2O2S.